The maximum atomic E-state index is 5.88. The summed E-state index contributed by atoms with van der Waals surface area (Å²) in [5, 5.41) is 4.19. The van der Waals surface area contributed by atoms with E-state index in [4.69, 9.17) is 11.6 Å². The van der Waals surface area contributed by atoms with Crippen molar-refractivity contribution >= 4 is 23.4 Å². The highest BCUT2D eigenvalue weighted by atomic mass is 35.5. The fourth-order valence-corrected chi connectivity index (χ4v) is 2.53. The van der Waals surface area contributed by atoms with E-state index in [1.54, 1.807) is 11.8 Å². The lowest BCUT2D eigenvalue weighted by atomic mass is 10.1. The summed E-state index contributed by atoms with van der Waals surface area (Å²) >= 11 is 7.59. The van der Waals surface area contributed by atoms with E-state index < -0.39 is 0 Å². The lowest BCUT2D eigenvalue weighted by Gasteiger charge is -2.20. The van der Waals surface area contributed by atoms with Gasteiger partial charge < -0.3 is 5.32 Å². The van der Waals surface area contributed by atoms with E-state index in [1.165, 1.54) is 4.90 Å². The molecule has 2 aromatic rings. The number of hydrogen-bond acceptors (Lipinski definition) is 4. The smallest absolute Gasteiger partial charge is 0.138 e. The molecule has 0 aliphatic carbocycles. The number of halogens is 1. The third kappa shape index (κ3) is 6.04. The summed E-state index contributed by atoms with van der Waals surface area (Å²) in [7, 11) is 0. The van der Waals surface area contributed by atoms with E-state index in [2.05, 4.69) is 36.1 Å². The first-order valence-electron chi connectivity index (χ1n) is 6.86. The molecule has 21 heavy (non-hydrogen) atoms. The Balaban J connectivity index is 1.93. The van der Waals surface area contributed by atoms with Gasteiger partial charge in [0.15, 0.2) is 0 Å². The summed E-state index contributed by atoms with van der Waals surface area (Å²) in [4.78, 5) is 10.1. The van der Waals surface area contributed by atoms with Crippen molar-refractivity contribution in [2.75, 3.05) is 0 Å². The van der Waals surface area contributed by atoms with E-state index >= 15 is 0 Å². The number of hydrogen-bond donors (Lipinski definition) is 1. The Morgan fingerprint density at radius 3 is 2.52 bits per heavy atom. The minimum Gasteiger partial charge on any atom is -0.306 e. The topological polar surface area (TPSA) is 37.8 Å². The van der Waals surface area contributed by atoms with Crippen molar-refractivity contribution in [2.45, 2.75) is 43.5 Å². The number of aromatic nitrogens is 2. The molecule has 0 bridgehead atoms. The van der Waals surface area contributed by atoms with Crippen LogP contribution in [0.25, 0.3) is 0 Å². The fourth-order valence-electron chi connectivity index (χ4n) is 1.64. The molecule has 1 N–H and O–H groups in total. The number of benzene rings is 1. The molecule has 0 radical (unpaired) electrons. The summed E-state index contributed by atoms with van der Waals surface area (Å²) in [6, 6.07) is 9.77. The van der Waals surface area contributed by atoms with E-state index in [0.717, 1.165) is 28.8 Å². The molecule has 2 rings (SSSR count). The highest BCUT2D eigenvalue weighted by Crippen LogP contribution is 2.22. The van der Waals surface area contributed by atoms with Crippen molar-refractivity contribution < 1.29 is 0 Å². The van der Waals surface area contributed by atoms with Gasteiger partial charge in [0.05, 0.1) is 11.4 Å². The van der Waals surface area contributed by atoms with Gasteiger partial charge >= 0.3 is 0 Å². The van der Waals surface area contributed by atoms with Gasteiger partial charge in [-0.25, -0.2) is 9.97 Å². The van der Waals surface area contributed by atoms with Gasteiger partial charge in [0.2, 0.25) is 0 Å². The van der Waals surface area contributed by atoms with Crippen LogP contribution in [-0.4, -0.2) is 15.5 Å². The Bertz CT molecular complexity index is 579. The zero-order chi connectivity index (χ0) is 15.3. The van der Waals surface area contributed by atoms with E-state index in [9.17, 15) is 0 Å². The SMILES string of the molecule is CC(C)(C)NCc1ccnc(CSc2ccc(Cl)cc2)n1. The van der Waals surface area contributed by atoms with Gasteiger partial charge in [-0.3, -0.25) is 0 Å². The zero-order valence-corrected chi connectivity index (χ0v) is 14.1. The van der Waals surface area contributed by atoms with E-state index in [-0.39, 0.29) is 5.54 Å². The second-order valence-corrected chi connectivity index (χ2v) is 7.30. The molecule has 1 heterocycles. The largest absolute Gasteiger partial charge is 0.306 e. The first kappa shape index (κ1) is 16.3. The van der Waals surface area contributed by atoms with Crippen LogP contribution >= 0.6 is 23.4 Å². The minimum atomic E-state index is 0.0865. The predicted octanol–water partition coefficient (Wildman–Crippen LogP) is 4.31. The summed E-state index contributed by atoms with van der Waals surface area (Å²) in [5.74, 6) is 1.61. The molecule has 112 valence electrons. The number of rotatable bonds is 5. The quantitative estimate of drug-likeness (QED) is 0.833. The summed E-state index contributed by atoms with van der Waals surface area (Å²) in [6.45, 7) is 7.19. The van der Waals surface area contributed by atoms with Gasteiger partial charge in [-0.2, -0.15) is 0 Å². The van der Waals surface area contributed by atoms with Gasteiger partial charge in [-0.05, 0) is 51.1 Å². The average Bonchev–Trinajstić information content (AvgIpc) is 2.44. The fraction of sp³-hybridized carbons (Fsp3) is 0.375. The van der Waals surface area contributed by atoms with Gasteiger partial charge in [0.25, 0.3) is 0 Å². The number of thioether (sulfide) groups is 1. The van der Waals surface area contributed by atoms with Crippen LogP contribution in [0, 0.1) is 0 Å². The Labute approximate surface area is 135 Å². The lowest BCUT2D eigenvalue weighted by Crippen LogP contribution is -2.35. The molecule has 0 spiro atoms. The molecule has 0 unspecified atom stereocenters. The highest BCUT2D eigenvalue weighted by molar-refractivity contribution is 7.98. The van der Waals surface area contributed by atoms with Crippen molar-refractivity contribution in [3.63, 3.8) is 0 Å². The molecule has 0 saturated carbocycles. The maximum Gasteiger partial charge on any atom is 0.138 e. The Morgan fingerprint density at radius 2 is 1.86 bits per heavy atom. The lowest BCUT2D eigenvalue weighted by molar-refractivity contribution is 0.421. The standard InChI is InChI=1S/C16H20ClN3S/c1-16(2,3)19-10-13-8-9-18-15(20-13)11-21-14-6-4-12(17)5-7-14/h4-9,19H,10-11H2,1-3H3. The monoisotopic (exact) mass is 321 g/mol. The number of nitrogens with one attached hydrogen (secondary N) is 1. The van der Waals surface area contributed by atoms with Crippen LogP contribution in [0.15, 0.2) is 41.4 Å². The van der Waals surface area contributed by atoms with Gasteiger partial charge in [0, 0.05) is 28.2 Å². The second kappa shape index (κ2) is 7.25. The molecule has 0 fully saturated rings. The van der Waals surface area contributed by atoms with Crippen LogP contribution in [0.4, 0.5) is 0 Å². The molecular formula is C16H20ClN3S. The molecule has 5 heteroatoms. The highest BCUT2D eigenvalue weighted by Gasteiger charge is 2.09. The van der Waals surface area contributed by atoms with Crippen LogP contribution in [-0.2, 0) is 12.3 Å². The van der Waals surface area contributed by atoms with Crippen molar-refractivity contribution in [1.82, 2.24) is 15.3 Å². The van der Waals surface area contributed by atoms with Crippen LogP contribution in [0.2, 0.25) is 5.02 Å². The van der Waals surface area contributed by atoms with Crippen LogP contribution < -0.4 is 5.32 Å². The van der Waals surface area contributed by atoms with E-state index in [0.29, 0.717) is 0 Å². The minimum absolute atomic E-state index is 0.0865. The van der Waals surface area contributed by atoms with Crippen molar-refractivity contribution in [2.24, 2.45) is 0 Å². The van der Waals surface area contributed by atoms with Gasteiger partial charge in [-0.15, -0.1) is 11.8 Å². The Kier molecular flexibility index (Phi) is 5.62. The molecule has 1 aromatic heterocycles. The number of nitrogens with zero attached hydrogens (tertiary/aromatic N) is 2. The molecule has 0 saturated heterocycles. The van der Waals surface area contributed by atoms with Crippen LogP contribution in [0.5, 0.6) is 0 Å². The summed E-state index contributed by atoms with van der Waals surface area (Å²) < 4.78 is 0. The molecule has 3 nitrogen and oxygen atoms in total. The Morgan fingerprint density at radius 1 is 1.14 bits per heavy atom. The van der Waals surface area contributed by atoms with Crippen LogP contribution in [0.1, 0.15) is 32.3 Å². The molecular weight excluding hydrogens is 302 g/mol. The molecule has 0 atom stereocenters. The normalized spacial score (nSPS) is 11.6. The van der Waals surface area contributed by atoms with Crippen molar-refractivity contribution in [1.29, 1.82) is 0 Å². The molecule has 0 amide bonds. The van der Waals surface area contributed by atoms with Crippen LogP contribution in [0.3, 0.4) is 0 Å². The first-order valence-corrected chi connectivity index (χ1v) is 8.23. The van der Waals surface area contributed by atoms with Crippen molar-refractivity contribution in [3.05, 3.63) is 53.1 Å². The van der Waals surface area contributed by atoms with E-state index in [1.807, 2.05) is 36.5 Å². The average molecular weight is 322 g/mol. The summed E-state index contributed by atoms with van der Waals surface area (Å²) in [6.07, 6.45) is 1.82. The van der Waals surface area contributed by atoms with Gasteiger partial charge in [0.1, 0.15) is 5.82 Å². The maximum absolute atomic E-state index is 5.88. The third-order valence-electron chi connectivity index (χ3n) is 2.74. The predicted molar refractivity (Wildman–Crippen MR) is 89.6 cm³/mol. The summed E-state index contributed by atoms with van der Waals surface area (Å²) in [5.41, 5.74) is 1.11. The Hall–Kier alpha value is -1.10. The third-order valence-corrected chi connectivity index (χ3v) is 4.00. The first-order chi connectivity index (χ1) is 9.92. The molecule has 0 aliphatic heterocycles. The van der Waals surface area contributed by atoms with Gasteiger partial charge in [-0.1, -0.05) is 11.6 Å². The second-order valence-electron chi connectivity index (χ2n) is 5.81. The van der Waals surface area contributed by atoms with Crippen molar-refractivity contribution in [3.8, 4) is 0 Å². The molecule has 0 aliphatic rings. The zero-order valence-electron chi connectivity index (χ0n) is 12.6. The molecule has 1 aromatic carbocycles.